The lowest BCUT2D eigenvalue weighted by atomic mass is 10.3. The van der Waals surface area contributed by atoms with Crippen molar-refractivity contribution in [2.75, 3.05) is 0 Å². The molecule has 0 aliphatic carbocycles. The molecule has 2 nitrogen and oxygen atoms in total. The van der Waals surface area contributed by atoms with Gasteiger partial charge in [-0.2, -0.15) is 13.2 Å². The van der Waals surface area contributed by atoms with E-state index in [1.54, 1.807) is 6.20 Å². The Kier molecular flexibility index (Phi) is 2.17. The van der Waals surface area contributed by atoms with Crippen LogP contribution in [0.2, 0.25) is 0 Å². The zero-order valence-corrected chi connectivity index (χ0v) is 8.85. The standard InChI is InChI=1S/C8H4F3IN2/c9-8(10,11)6-2-1-4-5(12)3-13-7(4)14-6/h1-3H,(H,13,14). The molecule has 0 aliphatic rings. The van der Waals surface area contributed by atoms with E-state index in [0.29, 0.717) is 5.39 Å². The molecule has 1 N–H and O–H groups in total. The summed E-state index contributed by atoms with van der Waals surface area (Å²) in [6.07, 6.45) is -2.76. The third-order valence-corrected chi connectivity index (χ3v) is 2.67. The molecule has 0 aliphatic heterocycles. The van der Waals surface area contributed by atoms with Crippen LogP contribution in [-0.4, -0.2) is 9.97 Å². The Morgan fingerprint density at radius 1 is 1.29 bits per heavy atom. The van der Waals surface area contributed by atoms with E-state index in [4.69, 9.17) is 0 Å². The van der Waals surface area contributed by atoms with Crippen LogP contribution in [0.4, 0.5) is 13.2 Å². The van der Waals surface area contributed by atoms with E-state index >= 15 is 0 Å². The van der Waals surface area contributed by atoms with Gasteiger partial charge in [-0.05, 0) is 34.7 Å². The molecule has 6 heteroatoms. The lowest BCUT2D eigenvalue weighted by Crippen LogP contribution is -2.07. The minimum atomic E-state index is -4.38. The summed E-state index contributed by atoms with van der Waals surface area (Å²) >= 11 is 2.03. The van der Waals surface area contributed by atoms with Gasteiger partial charge in [0.15, 0.2) is 0 Å². The number of fused-ring (bicyclic) bond motifs is 1. The van der Waals surface area contributed by atoms with E-state index in [2.05, 4.69) is 9.97 Å². The van der Waals surface area contributed by atoms with E-state index < -0.39 is 11.9 Å². The van der Waals surface area contributed by atoms with Crippen molar-refractivity contribution >= 4 is 33.6 Å². The number of aromatic nitrogens is 2. The number of halogens is 4. The summed E-state index contributed by atoms with van der Waals surface area (Å²) in [4.78, 5) is 6.16. The molecule has 0 saturated heterocycles. The van der Waals surface area contributed by atoms with Crippen molar-refractivity contribution in [2.45, 2.75) is 6.18 Å². The smallest absolute Gasteiger partial charge is 0.345 e. The lowest BCUT2D eigenvalue weighted by Gasteiger charge is -2.04. The molecule has 2 heterocycles. The van der Waals surface area contributed by atoms with Crippen molar-refractivity contribution in [2.24, 2.45) is 0 Å². The Hall–Kier alpha value is -0.790. The van der Waals surface area contributed by atoms with Gasteiger partial charge in [0.05, 0.1) is 0 Å². The molecule has 14 heavy (non-hydrogen) atoms. The molecule has 0 amide bonds. The summed E-state index contributed by atoms with van der Waals surface area (Å²) in [5.41, 5.74) is -0.604. The maximum absolute atomic E-state index is 12.2. The number of nitrogens with one attached hydrogen (secondary N) is 1. The van der Waals surface area contributed by atoms with Gasteiger partial charge in [0.1, 0.15) is 11.3 Å². The normalized spacial score (nSPS) is 12.3. The largest absolute Gasteiger partial charge is 0.433 e. The number of nitrogens with zero attached hydrogens (tertiary/aromatic N) is 1. The first-order valence-electron chi connectivity index (χ1n) is 3.69. The summed E-state index contributed by atoms with van der Waals surface area (Å²) in [7, 11) is 0. The zero-order valence-electron chi connectivity index (χ0n) is 6.69. The molecule has 0 unspecified atom stereocenters. The van der Waals surface area contributed by atoms with Crippen LogP contribution in [0.15, 0.2) is 18.3 Å². The zero-order chi connectivity index (χ0) is 10.3. The first kappa shape index (κ1) is 9.75. The van der Waals surface area contributed by atoms with Crippen molar-refractivity contribution in [3.63, 3.8) is 0 Å². The predicted molar refractivity (Wildman–Crippen MR) is 53.8 cm³/mol. The van der Waals surface area contributed by atoms with Crippen LogP contribution in [0.3, 0.4) is 0 Å². The molecular weight excluding hydrogens is 308 g/mol. The Morgan fingerprint density at radius 3 is 2.64 bits per heavy atom. The van der Waals surface area contributed by atoms with Crippen molar-refractivity contribution in [1.82, 2.24) is 9.97 Å². The molecular formula is C8H4F3IN2. The van der Waals surface area contributed by atoms with Crippen molar-refractivity contribution < 1.29 is 13.2 Å². The second kappa shape index (κ2) is 3.11. The minimum absolute atomic E-state index is 0.268. The lowest BCUT2D eigenvalue weighted by molar-refractivity contribution is -0.141. The van der Waals surface area contributed by atoms with E-state index in [9.17, 15) is 13.2 Å². The topological polar surface area (TPSA) is 28.7 Å². The summed E-state index contributed by atoms with van der Waals surface area (Å²) < 4.78 is 37.6. The Morgan fingerprint density at radius 2 is 2.00 bits per heavy atom. The second-order valence-electron chi connectivity index (χ2n) is 2.73. The highest BCUT2D eigenvalue weighted by atomic mass is 127. The predicted octanol–water partition coefficient (Wildman–Crippen LogP) is 3.19. The number of rotatable bonds is 0. The maximum atomic E-state index is 12.2. The average molecular weight is 312 g/mol. The summed E-state index contributed by atoms with van der Waals surface area (Å²) in [5, 5.41) is 0.707. The molecule has 0 spiro atoms. The molecule has 0 fully saturated rings. The quantitative estimate of drug-likeness (QED) is 0.744. The van der Waals surface area contributed by atoms with Crippen LogP contribution in [0.25, 0.3) is 11.0 Å². The fourth-order valence-electron chi connectivity index (χ4n) is 1.13. The van der Waals surface area contributed by atoms with Gasteiger partial charge in [0.25, 0.3) is 0 Å². The van der Waals surface area contributed by atoms with Gasteiger partial charge in [-0.1, -0.05) is 0 Å². The van der Waals surface area contributed by atoms with Gasteiger partial charge in [-0.25, -0.2) is 4.98 Å². The van der Waals surface area contributed by atoms with E-state index in [1.807, 2.05) is 22.6 Å². The number of hydrogen-bond donors (Lipinski definition) is 1. The van der Waals surface area contributed by atoms with Crippen molar-refractivity contribution in [3.8, 4) is 0 Å². The Bertz CT molecular complexity index is 475. The fourth-order valence-corrected chi connectivity index (χ4v) is 1.72. The van der Waals surface area contributed by atoms with Crippen molar-refractivity contribution in [1.29, 1.82) is 0 Å². The highest BCUT2D eigenvalue weighted by Gasteiger charge is 2.32. The first-order chi connectivity index (χ1) is 6.48. The van der Waals surface area contributed by atoms with Gasteiger partial charge in [0.2, 0.25) is 0 Å². The van der Waals surface area contributed by atoms with Gasteiger partial charge in [-0.3, -0.25) is 0 Å². The molecule has 0 aromatic carbocycles. The number of pyridine rings is 1. The number of H-pyrrole nitrogens is 1. The van der Waals surface area contributed by atoms with Gasteiger partial charge in [-0.15, -0.1) is 0 Å². The first-order valence-corrected chi connectivity index (χ1v) is 4.77. The van der Waals surface area contributed by atoms with Crippen LogP contribution < -0.4 is 0 Å². The van der Waals surface area contributed by atoms with E-state index in [0.717, 1.165) is 9.64 Å². The molecule has 0 atom stereocenters. The summed E-state index contributed by atoms with van der Waals surface area (Å²) in [6.45, 7) is 0. The fraction of sp³-hybridized carbons (Fsp3) is 0.125. The number of aromatic amines is 1. The van der Waals surface area contributed by atoms with Crippen LogP contribution in [0.1, 0.15) is 5.69 Å². The van der Waals surface area contributed by atoms with E-state index in [1.165, 1.54) is 6.07 Å². The third kappa shape index (κ3) is 1.58. The van der Waals surface area contributed by atoms with Crippen LogP contribution >= 0.6 is 22.6 Å². The molecule has 0 saturated carbocycles. The number of hydrogen-bond acceptors (Lipinski definition) is 1. The highest BCUT2D eigenvalue weighted by molar-refractivity contribution is 14.1. The maximum Gasteiger partial charge on any atom is 0.433 e. The van der Waals surface area contributed by atoms with Gasteiger partial charge in [0, 0.05) is 15.2 Å². The molecule has 2 rings (SSSR count). The van der Waals surface area contributed by atoms with Crippen LogP contribution in [0.5, 0.6) is 0 Å². The molecule has 0 radical (unpaired) electrons. The Labute approximate surface area is 90.7 Å². The average Bonchev–Trinajstić information content (AvgIpc) is 2.46. The van der Waals surface area contributed by atoms with Crippen LogP contribution in [-0.2, 0) is 6.18 Å². The summed E-state index contributed by atoms with van der Waals surface area (Å²) in [6, 6.07) is 2.40. The summed E-state index contributed by atoms with van der Waals surface area (Å²) in [5.74, 6) is 0. The molecule has 2 aromatic rings. The SMILES string of the molecule is FC(F)(F)c1ccc2c(I)c[nH]c2n1. The third-order valence-electron chi connectivity index (χ3n) is 1.78. The monoisotopic (exact) mass is 312 g/mol. The molecule has 2 aromatic heterocycles. The van der Waals surface area contributed by atoms with Crippen molar-refractivity contribution in [3.05, 3.63) is 27.6 Å². The Balaban J connectivity index is 2.63. The minimum Gasteiger partial charge on any atom is -0.345 e. The van der Waals surface area contributed by atoms with Gasteiger partial charge < -0.3 is 4.98 Å². The molecule has 74 valence electrons. The highest BCUT2D eigenvalue weighted by Crippen LogP contribution is 2.29. The number of alkyl halides is 3. The van der Waals surface area contributed by atoms with E-state index in [-0.39, 0.29) is 5.65 Å². The van der Waals surface area contributed by atoms with Gasteiger partial charge >= 0.3 is 6.18 Å². The molecule has 0 bridgehead atoms. The van der Waals surface area contributed by atoms with Crippen LogP contribution in [0, 0.1) is 3.57 Å². The second-order valence-corrected chi connectivity index (χ2v) is 3.89.